The maximum absolute atomic E-state index is 13.6. The van der Waals surface area contributed by atoms with Crippen molar-refractivity contribution in [3.8, 4) is 5.75 Å². The number of ether oxygens (including phenoxy) is 1. The molecule has 0 bridgehead atoms. The molecule has 1 N–H and O–H groups in total. The normalized spacial score (nSPS) is 11.4. The summed E-state index contributed by atoms with van der Waals surface area (Å²) in [6.45, 7) is 2.60. The zero-order valence-electron chi connectivity index (χ0n) is 20.1. The van der Waals surface area contributed by atoms with E-state index in [1.54, 1.807) is 12.1 Å². The van der Waals surface area contributed by atoms with Crippen LogP contribution in [0.15, 0.2) is 94.4 Å². The van der Waals surface area contributed by atoms with Crippen LogP contribution in [0.5, 0.6) is 5.75 Å². The molecule has 0 atom stereocenters. The number of furan rings is 1. The fourth-order valence-corrected chi connectivity index (χ4v) is 5.76. The van der Waals surface area contributed by atoms with Crippen molar-refractivity contribution in [2.24, 2.45) is 0 Å². The van der Waals surface area contributed by atoms with Crippen molar-refractivity contribution in [1.82, 2.24) is 4.98 Å². The molecular formula is C27H22FN3O5S2. The Morgan fingerprint density at radius 2 is 1.84 bits per heavy atom. The summed E-state index contributed by atoms with van der Waals surface area (Å²) in [7, 11) is -3.92. The van der Waals surface area contributed by atoms with Crippen LogP contribution in [0.4, 0.5) is 15.2 Å². The van der Waals surface area contributed by atoms with Crippen molar-refractivity contribution >= 4 is 48.3 Å². The van der Waals surface area contributed by atoms with Gasteiger partial charge in [-0.1, -0.05) is 11.3 Å². The number of nitrogens with zero attached hydrogens (tertiary/aromatic N) is 2. The van der Waals surface area contributed by atoms with Gasteiger partial charge in [0.05, 0.1) is 34.5 Å². The Morgan fingerprint density at radius 1 is 1.08 bits per heavy atom. The number of thiazole rings is 1. The van der Waals surface area contributed by atoms with Crippen molar-refractivity contribution in [2.45, 2.75) is 18.4 Å². The summed E-state index contributed by atoms with van der Waals surface area (Å²) in [5.74, 6) is 0.432. The maximum atomic E-state index is 13.6. The number of fused-ring (bicyclic) bond motifs is 1. The lowest BCUT2D eigenvalue weighted by molar-refractivity contribution is 0.0983. The lowest BCUT2D eigenvalue weighted by Gasteiger charge is -2.19. The minimum absolute atomic E-state index is 0.0768. The largest absolute Gasteiger partial charge is 0.494 e. The van der Waals surface area contributed by atoms with Crippen LogP contribution in [-0.2, 0) is 16.6 Å². The van der Waals surface area contributed by atoms with Crippen molar-refractivity contribution in [3.63, 3.8) is 0 Å². The van der Waals surface area contributed by atoms with Crippen LogP contribution in [0, 0.1) is 5.82 Å². The van der Waals surface area contributed by atoms with Crippen LogP contribution < -0.4 is 14.4 Å². The molecule has 5 rings (SSSR count). The summed E-state index contributed by atoms with van der Waals surface area (Å²) in [5, 5.41) is 0.483. The zero-order chi connectivity index (χ0) is 26.7. The van der Waals surface area contributed by atoms with Gasteiger partial charge in [0.15, 0.2) is 5.13 Å². The highest BCUT2D eigenvalue weighted by molar-refractivity contribution is 7.92. The van der Waals surface area contributed by atoms with Gasteiger partial charge in [-0.05, 0) is 85.8 Å². The van der Waals surface area contributed by atoms with E-state index in [0.717, 1.165) is 28.1 Å². The number of anilines is 2. The van der Waals surface area contributed by atoms with E-state index in [9.17, 15) is 17.6 Å². The highest BCUT2D eigenvalue weighted by Gasteiger charge is 2.23. The van der Waals surface area contributed by atoms with E-state index in [1.807, 2.05) is 25.1 Å². The Morgan fingerprint density at radius 3 is 2.53 bits per heavy atom. The molecule has 0 saturated carbocycles. The smallest absolute Gasteiger partial charge is 0.261 e. The second kappa shape index (κ2) is 10.6. The van der Waals surface area contributed by atoms with Gasteiger partial charge in [0.25, 0.3) is 15.9 Å². The van der Waals surface area contributed by atoms with Gasteiger partial charge >= 0.3 is 0 Å². The molecule has 8 nitrogen and oxygen atoms in total. The molecule has 11 heteroatoms. The average molecular weight is 552 g/mol. The van der Waals surface area contributed by atoms with Gasteiger partial charge in [0, 0.05) is 11.3 Å². The monoisotopic (exact) mass is 551 g/mol. The minimum Gasteiger partial charge on any atom is -0.494 e. The molecule has 5 aromatic rings. The van der Waals surface area contributed by atoms with Crippen LogP contribution in [0.1, 0.15) is 23.0 Å². The fourth-order valence-electron chi connectivity index (χ4n) is 3.71. The molecule has 194 valence electrons. The lowest BCUT2D eigenvalue weighted by Crippen LogP contribution is -2.30. The first-order valence-corrected chi connectivity index (χ1v) is 13.9. The second-order valence-corrected chi connectivity index (χ2v) is 10.9. The molecule has 3 aromatic carbocycles. The highest BCUT2D eigenvalue weighted by atomic mass is 32.2. The maximum Gasteiger partial charge on any atom is 0.261 e. The molecule has 2 heterocycles. The Bertz CT molecular complexity index is 1670. The number of sulfonamides is 1. The summed E-state index contributed by atoms with van der Waals surface area (Å²) in [6.07, 6.45) is 1.53. The number of halogens is 1. The standard InChI is InChI=1S/C27H22FN3O5S2/c1-2-35-21-11-14-24-25(16-21)37-27(29-24)31(17-22-4-3-15-36-22)26(32)18-5-9-20(10-6-18)30-38(33,34)23-12-7-19(28)8-13-23/h3-16,30H,2,17H2,1H3. The first-order chi connectivity index (χ1) is 18.3. The molecule has 2 aromatic heterocycles. The Hall–Kier alpha value is -4.22. The number of aromatic nitrogens is 1. The van der Waals surface area contributed by atoms with Crippen LogP contribution in [0.2, 0.25) is 0 Å². The molecule has 0 radical (unpaired) electrons. The van der Waals surface area contributed by atoms with Crippen molar-refractivity contribution in [2.75, 3.05) is 16.2 Å². The Kier molecular flexibility index (Phi) is 7.12. The number of amides is 1. The summed E-state index contributed by atoms with van der Waals surface area (Å²) in [5.41, 5.74) is 1.32. The van der Waals surface area contributed by atoms with Gasteiger partial charge in [-0.15, -0.1) is 0 Å². The molecule has 0 fully saturated rings. The number of rotatable bonds is 9. The van der Waals surface area contributed by atoms with E-state index >= 15 is 0 Å². The number of hydrogen-bond acceptors (Lipinski definition) is 7. The van der Waals surface area contributed by atoms with Crippen LogP contribution in [-0.4, -0.2) is 25.9 Å². The molecule has 1 amide bonds. The second-order valence-electron chi connectivity index (χ2n) is 8.17. The third-order valence-corrected chi connectivity index (χ3v) is 7.98. The van der Waals surface area contributed by atoms with Gasteiger partial charge in [0.1, 0.15) is 17.3 Å². The topological polar surface area (TPSA) is 102 Å². The number of carbonyl (C=O) groups excluding carboxylic acids is 1. The first kappa shape index (κ1) is 25.4. The van der Waals surface area contributed by atoms with Gasteiger partial charge in [-0.2, -0.15) is 0 Å². The van der Waals surface area contributed by atoms with E-state index in [0.29, 0.717) is 23.1 Å². The number of hydrogen-bond donors (Lipinski definition) is 1. The van der Waals surface area contributed by atoms with E-state index in [-0.39, 0.29) is 23.0 Å². The van der Waals surface area contributed by atoms with Crippen molar-refractivity contribution < 1.29 is 26.8 Å². The van der Waals surface area contributed by atoms with Crippen LogP contribution in [0.3, 0.4) is 0 Å². The molecule has 0 aliphatic carbocycles. The zero-order valence-corrected chi connectivity index (χ0v) is 21.8. The number of benzene rings is 3. The predicted molar refractivity (Wildman–Crippen MR) is 144 cm³/mol. The van der Waals surface area contributed by atoms with E-state index < -0.39 is 15.8 Å². The molecular weight excluding hydrogens is 529 g/mol. The molecule has 0 spiro atoms. The molecule has 0 saturated heterocycles. The van der Waals surface area contributed by atoms with Gasteiger partial charge in [0.2, 0.25) is 0 Å². The summed E-state index contributed by atoms with van der Waals surface area (Å²) in [4.78, 5) is 19.7. The molecule has 38 heavy (non-hydrogen) atoms. The molecule has 0 aliphatic heterocycles. The van der Waals surface area contributed by atoms with Crippen molar-refractivity contribution in [1.29, 1.82) is 0 Å². The van der Waals surface area contributed by atoms with E-state index in [1.165, 1.54) is 58.9 Å². The van der Waals surface area contributed by atoms with Gasteiger partial charge in [-0.3, -0.25) is 14.4 Å². The highest BCUT2D eigenvalue weighted by Crippen LogP contribution is 2.33. The molecule has 0 unspecified atom stereocenters. The predicted octanol–water partition coefficient (Wildman–Crippen LogP) is 6.07. The first-order valence-electron chi connectivity index (χ1n) is 11.6. The van der Waals surface area contributed by atoms with Gasteiger partial charge in [-0.25, -0.2) is 17.8 Å². The van der Waals surface area contributed by atoms with Crippen LogP contribution >= 0.6 is 11.3 Å². The third-order valence-electron chi connectivity index (χ3n) is 5.54. The van der Waals surface area contributed by atoms with E-state index in [4.69, 9.17) is 9.15 Å². The Labute approximate surface area is 222 Å². The van der Waals surface area contributed by atoms with Gasteiger partial charge < -0.3 is 9.15 Å². The SMILES string of the molecule is CCOc1ccc2nc(N(Cc3ccco3)C(=O)c3ccc(NS(=O)(=O)c4ccc(F)cc4)cc3)sc2c1. The fraction of sp³-hybridized carbons (Fsp3) is 0.111. The lowest BCUT2D eigenvalue weighted by atomic mass is 10.2. The van der Waals surface area contributed by atoms with Crippen LogP contribution in [0.25, 0.3) is 10.2 Å². The summed E-state index contributed by atoms with van der Waals surface area (Å²) >= 11 is 1.35. The third kappa shape index (κ3) is 5.53. The Balaban J connectivity index is 1.41. The number of nitrogens with one attached hydrogen (secondary N) is 1. The number of carbonyl (C=O) groups is 1. The average Bonchev–Trinajstić information content (AvgIpc) is 3.57. The van der Waals surface area contributed by atoms with Crippen molar-refractivity contribution in [3.05, 3.63) is 102 Å². The summed E-state index contributed by atoms with van der Waals surface area (Å²) < 4.78 is 52.8. The molecule has 0 aliphatic rings. The summed E-state index contributed by atoms with van der Waals surface area (Å²) in [6, 6.07) is 19.6. The minimum atomic E-state index is -3.92. The van der Waals surface area contributed by atoms with E-state index in [2.05, 4.69) is 9.71 Å². The quantitative estimate of drug-likeness (QED) is 0.238.